The molecule has 0 saturated carbocycles. The first-order chi connectivity index (χ1) is 13.8. The summed E-state index contributed by atoms with van der Waals surface area (Å²) in [5, 5.41) is 16.0. The van der Waals surface area contributed by atoms with Crippen LogP contribution in [0.2, 0.25) is 0 Å². The number of amides is 2. The van der Waals surface area contributed by atoms with Gasteiger partial charge in [0.2, 0.25) is 5.75 Å². The number of methoxy groups -OCH3 is 4. The van der Waals surface area contributed by atoms with Crippen LogP contribution in [0, 0.1) is 0 Å². The lowest BCUT2D eigenvalue weighted by Gasteiger charge is -2.24. The molecule has 158 valence electrons. The SMILES string of the molecule is COc1ccc(CC(C)(O)CNC(=O)Nc2cc(OC)c(OC)c(OC)c2)cc1. The number of hydrogen-bond donors (Lipinski definition) is 3. The Hall–Kier alpha value is -3.13. The van der Waals surface area contributed by atoms with Crippen LogP contribution in [0.5, 0.6) is 23.0 Å². The minimum Gasteiger partial charge on any atom is -0.497 e. The molecule has 2 aromatic carbocycles. The predicted molar refractivity (Wildman–Crippen MR) is 110 cm³/mol. The van der Waals surface area contributed by atoms with E-state index < -0.39 is 11.6 Å². The second-order valence-electron chi connectivity index (χ2n) is 6.74. The van der Waals surface area contributed by atoms with Crippen molar-refractivity contribution in [2.75, 3.05) is 40.3 Å². The van der Waals surface area contributed by atoms with Crippen molar-refractivity contribution < 1.29 is 28.8 Å². The highest BCUT2D eigenvalue weighted by atomic mass is 16.5. The molecule has 3 N–H and O–H groups in total. The lowest BCUT2D eigenvalue weighted by atomic mass is 9.96. The van der Waals surface area contributed by atoms with E-state index in [1.807, 2.05) is 24.3 Å². The third-order valence-electron chi connectivity index (χ3n) is 4.30. The summed E-state index contributed by atoms with van der Waals surface area (Å²) in [6.45, 7) is 1.73. The van der Waals surface area contributed by atoms with Gasteiger partial charge in [-0.15, -0.1) is 0 Å². The second kappa shape index (κ2) is 9.88. The van der Waals surface area contributed by atoms with Gasteiger partial charge in [-0.05, 0) is 24.6 Å². The molecule has 0 saturated heterocycles. The number of carbonyl (C=O) groups excluding carboxylic acids is 1. The number of benzene rings is 2. The maximum absolute atomic E-state index is 12.3. The van der Waals surface area contributed by atoms with Crippen LogP contribution in [-0.2, 0) is 6.42 Å². The normalized spacial score (nSPS) is 12.5. The van der Waals surface area contributed by atoms with E-state index in [0.29, 0.717) is 29.4 Å². The Kier molecular flexibility index (Phi) is 7.55. The summed E-state index contributed by atoms with van der Waals surface area (Å²) in [4.78, 5) is 12.3. The van der Waals surface area contributed by atoms with E-state index in [0.717, 1.165) is 11.3 Å². The Morgan fingerprint density at radius 2 is 1.55 bits per heavy atom. The smallest absolute Gasteiger partial charge is 0.319 e. The number of urea groups is 1. The molecule has 0 aliphatic rings. The molecule has 0 bridgehead atoms. The van der Waals surface area contributed by atoms with E-state index in [1.165, 1.54) is 21.3 Å². The average Bonchev–Trinajstić information content (AvgIpc) is 2.71. The van der Waals surface area contributed by atoms with Gasteiger partial charge in [-0.3, -0.25) is 0 Å². The molecule has 0 spiro atoms. The van der Waals surface area contributed by atoms with Crippen LogP contribution in [0.4, 0.5) is 10.5 Å². The number of carbonyl (C=O) groups is 1. The largest absolute Gasteiger partial charge is 0.497 e. The summed E-state index contributed by atoms with van der Waals surface area (Å²) in [7, 11) is 6.10. The number of hydrogen-bond acceptors (Lipinski definition) is 6. The van der Waals surface area contributed by atoms with Gasteiger partial charge >= 0.3 is 6.03 Å². The van der Waals surface area contributed by atoms with Crippen molar-refractivity contribution in [2.45, 2.75) is 18.9 Å². The highest BCUT2D eigenvalue weighted by Crippen LogP contribution is 2.39. The van der Waals surface area contributed by atoms with Crippen LogP contribution >= 0.6 is 0 Å². The van der Waals surface area contributed by atoms with Gasteiger partial charge < -0.3 is 34.7 Å². The van der Waals surface area contributed by atoms with Gasteiger partial charge in [0.05, 0.1) is 39.7 Å². The molecule has 2 amide bonds. The first-order valence-corrected chi connectivity index (χ1v) is 9.02. The van der Waals surface area contributed by atoms with Crippen LogP contribution in [0.1, 0.15) is 12.5 Å². The average molecular weight is 404 g/mol. The molecule has 0 fully saturated rings. The molecule has 0 heterocycles. The minimum atomic E-state index is -1.12. The van der Waals surface area contributed by atoms with Crippen LogP contribution in [0.25, 0.3) is 0 Å². The first-order valence-electron chi connectivity index (χ1n) is 9.02. The Labute approximate surface area is 170 Å². The van der Waals surface area contributed by atoms with E-state index >= 15 is 0 Å². The van der Waals surface area contributed by atoms with Crippen molar-refractivity contribution in [3.05, 3.63) is 42.0 Å². The summed E-state index contributed by atoms with van der Waals surface area (Å²) in [5.41, 5.74) is 0.274. The lowest BCUT2D eigenvalue weighted by Crippen LogP contribution is -2.43. The van der Waals surface area contributed by atoms with E-state index in [9.17, 15) is 9.90 Å². The van der Waals surface area contributed by atoms with Crippen LogP contribution in [0.15, 0.2) is 36.4 Å². The van der Waals surface area contributed by atoms with Gasteiger partial charge in [-0.2, -0.15) is 0 Å². The second-order valence-corrected chi connectivity index (χ2v) is 6.74. The number of nitrogens with one attached hydrogen (secondary N) is 2. The zero-order chi connectivity index (χ0) is 21.4. The Balaban J connectivity index is 1.97. The van der Waals surface area contributed by atoms with Crippen LogP contribution in [0.3, 0.4) is 0 Å². The zero-order valence-electron chi connectivity index (χ0n) is 17.4. The van der Waals surface area contributed by atoms with E-state index in [1.54, 1.807) is 26.2 Å². The zero-order valence-corrected chi connectivity index (χ0v) is 17.4. The molecule has 0 radical (unpaired) electrons. The molecule has 29 heavy (non-hydrogen) atoms. The number of rotatable bonds is 9. The van der Waals surface area contributed by atoms with E-state index in [2.05, 4.69) is 10.6 Å². The summed E-state index contributed by atoms with van der Waals surface area (Å²) < 4.78 is 20.9. The standard InChI is InChI=1S/C21H28N2O6/c1-21(25,12-14-6-8-16(26-2)9-7-14)13-22-20(24)23-15-10-17(27-3)19(29-5)18(11-15)28-4/h6-11,25H,12-13H2,1-5H3,(H2,22,23,24). The summed E-state index contributed by atoms with van der Waals surface area (Å²) in [5.74, 6) is 2.03. The van der Waals surface area contributed by atoms with Crippen molar-refractivity contribution in [1.82, 2.24) is 5.32 Å². The maximum atomic E-state index is 12.3. The minimum absolute atomic E-state index is 0.0648. The van der Waals surface area contributed by atoms with Gasteiger partial charge in [0.15, 0.2) is 11.5 Å². The molecule has 1 unspecified atom stereocenters. The molecular formula is C21H28N2O6. The topological polar surface area (TPSA) is 98.3 Å². The number of anilines is 1. The highest BCUT2D eigenvalue weighted by molar-refractivity contribution is 5.90. The van der Waals surface area contributed by atoms with Crippen molar-refractivity contribution in [2.24, 2.45) is 0 Å². The van der Waals surface area contributed by atoms with E-state index in [-0.39, 0.29) is 6.54 Å². The Bertz CT molecular complexity index is 795. The molecule has 0 aliphatic heterocycles. The summed E-state index contributed by atoms with van der Waals surface area (Å²) in [6.07, 6.45) is 0.376. The quantitative estimate of drug-likeness (QED) is 0.595. The summed E-state index contributed by atoms with van der Waals surface area (Å²) in [6, 6.07) is 10.2. The molecule has 8 heteroatoms. The van der Waals surface area contributed by atoms with Crippen molar-refractivity contribution >= 4 is 11.7 Å². The van der Waals surface area contributed by atoms with Crippen molar-refractivity contribution in [3.63, 3.8) is 0 Å². The number of aliphatic hydroxyl groups is 1. The number of ether oxygens (including phenoxy) is 4. The lowest BCUT2D eigenvalue weighted by molar-refractivity contribution is 0.0629. The van der Waals surface area contributed by atoms with Crippen LogP contribution in [-0.4, -0.2) is 51.7 Å². The molecular weight excluding hydrogens is 376 g/mol. The third-order valence-corrected chi connectivity index (χ3v) is 4.30. The molecule has 2 aromatic rings. The van der Waals surface area contributed by atoms with E-state index in [4.69, 9.17) is 18.9 Å². The van der Waals surface area contributed by atoms with Gasteiger partial charge in [-0.25, -0.2) is 4.79 Å². The Morgan fingerprint density at radius 1 is 0.966 bits per heavy atom. The molecule has 1 atom stereocenters. The van der Waals surface area contributed by atoms with Gasteiger partial charge in [-0.1, -0.05) is 12.1 Å². The molecule has 0 aliphatic carbocycles. The highest BCUT2D eigenvalue weighted by Gasteiger charge is 2.22. The van der Waals surface area contributed by atoms with Gasteiger partial charge in [0, 0.05) is 25.1 Å². The fourth-order valence-corrected chi connectivity index (χ4v) is 2.84. The van der Waals surface area contributed by atoms with Crippen LogP contribution < -0.4 is 29.6 Å². The third kappa shape index (κ3) is 6.18. The molecule has 2 rings (SSSR count). The molecule has 8 nitrogen and oxygen atoms in total. The fraction of sp³-hybridized carbons (Fsp3) is 0.381. The summed E-state index contributed by atoms with van der Waals surface area (Å²) >= 11 is 0. The monoisotopic (exact) mass is 404 g/mol. The maximum Gasteiger partial charge on any atom is 0.319 e. The van der Waals surface area contributed by atoms with Gasteiger partial charge in [0.1, 0.15) is 5.75 Å². The predicted octanol–water partition coefficient (Wildman–Crippen LogP) is 2.84. The van der Waals surface area contributed by atoms with Crippen molar-refractivity contribution in [1.29, 1.82) is 0 Å². The van der Waals surface area contributed by atoms with Crippen molar-refractivity contribution in [3.8, 4) is 23.0 Å². The van der Waals surface area contributed by atoms with Gasteiger partial charge in [0.25, 0.3) is 0 Å². The molecule has 0 aromatic heterocycles. The Morgan fingerprint density at radius 3 is 2.03 bits per heavy atom. The fourth-order valence-electron chi connectivity index (χ4n) is 2.84. The first kappa shape index (κ1) is 22.2.